The number of para-hydroxylation sites is 2. The summed E-state index contributed by atoms with van der Waals surface area (Å²) in [5.74, 6) is 1.41. The number of aliphatic imine (C=N–C) groups is 2. The van der Waals surface area contributed by atoms with E-state index in [1.54, 1.807) is 25.0 Å². The van der Waals surface area contributed by atoms with E-state index >= 15 is 0 Å². The molecular weight excluding hydrogens is 252 g/mol. The van der Waals surface area contributed by atoms with Crippen molar-refractivity contribution in [3.8, 4) is 0 Å². The fraction of sp³-hybridized carbons (Fsp3) is 0. The lowest BCUT2D eigenvalue weighted by atomic mass is 10.3. The Bertz CT molecular complexity index is 648. The molecule has 2 aromatic heterocycles. The monoisotopic (exact) mass is 264 g/mol. The van der Waals surface area contributed by atoms with Crippen molar-refractivity contribution in [1.82, 2.24) is 0 Å². The molecule has 0 saturated carbocycles. The third-order valence-corrected chi connectivity index (χ3v) is 2.63. The molecule has 0 fully saturated rings. The van der Waals surface area contributed by atoms with Crippen LogP contribution in [0.25, 0.3) is 0 Å². The average molecular weight is 264 g/mol. The molecule has 1 aromatic carbocycles. The quantitative estimate of drug-likeness (QED) is 0.657. The molecule has 0 spiro atoms. The van der Waals surface area contributed by atoms with Crippen molar-refractivity contribution in [2.24, 2.45) is 9.98 Å². The molecule has 4 heteroatoms. The van der Waals surface area contributed by atoms with E-state index in [0.717, 1.165) is 11.4 Å². The van der Waals surface area contributed by atoms with Gasteiger partial charge in [-0.1, -0.05) is 12.1 Å². The van der Waals surface area contributed by atoms with Gasteiger partial charge in [0.15, 0.2) is 0 Å². The summed E-state index contributed by atoms with van der Waals surface area (Å²) in [7, 11) is 0. The van der Waals surface area contributed by atoms with Crippen LogP contribution in [-0.2, 0) is 0 Å². The molecule has 0 N–H and O–H groups in total. The Kier molecular flexibility index (Phi) is 3.55. The van der Waals surface area contributed by atoms with Crippen LogP contribution >= 0.6 is 0 Å². The number of benzene rings is 1. The molecule has 20 heavy (non-hydrogen) atoms. The highest BCUT2D eigenvalue weighted by molar-refractivity contribution is 5.84. The Balaban J connectivity index is 1.85. The summed E-state index contributed by atoms with van der Waals surface area (Å²) in [5, 5.41) is 0. The van der Waals surface area contributed by atoms with Gasteiger partial charge in [0.25, 0.3) is 0 Å². The fourth-order valence-electron chi connectivity index (χ4n) is 1.68. The zero-order valence-corrected chi connectivity index (χ0v) is 10.6. The number of furan rings is 2. The van der Waals surface area contributed by atoms with Crippen molar-refractivity contribution in [2.75, 3.05) is 0 Å². The molecule has 0 bridgehead atoms. The van der Waals surface area contributed by atoms with Gasteiger partial charge in [0.1, 0.15) is 11.5 Å². The maximum atomic E-state index is 5.21. The first-order chi connectivity index (χ1) is 9.92. The van der Waals surface area contributed by atoms with Crippen molar-refractivity contribution in [3.63, 3.8) is 0 Å². The Morgan fingerprint density at radius 3 is 1.55 bits per heavy atom. The van der Waals surface area contributed by atoms with E-state index in [4.69, 9.17) is 8.83 Å². The molecule has 0 amide bonds. The van der Waals surface area contributed by atoms with Crippen molar-refractivity contribution < 1.29 is 8.83 Å². The Morgan fingerprint density at radius 1 is 0.650 bits per heavy atom. The molecule has 0 aliphatic heterocycles. The van der Waals surface area contributed by atoms with Gasteiger partial charge in [-0.3, -0.25) is 9.98 Å². The molecule has 0 aliphatic carbocycles. The first-order valence-electron chi connectivity index (χ1n) is 6.16. The molecule has 0 aliphatic rings. The predicted octanol–water partition coefficient (Wildman–Crippen LogP) is 4.37. The van der Waals surface area contributed by atoms with Gasteiger partial charge in [-0.05, 0) is 36.4 Å². The zero-order valence-electron chi connectivity index (χ0n) is 10.6. The fourth-order valence-corrected chi connectivity index (χ4v) is 1.68. The largest absolute Gasteiger partial charge is 0.463 e. The summed E-state index contributed by atoms with van der Waals surface area (Å²) in [6, 6.07) is 15.0. The van der Waals surface area contributed by atoms with E-state index in [0.29, 0.717) is 11.5 Å². The van der Waals surface area contributed by atoms with Crippen molar-refractivity contribution in [2.45, 2.75) is 0 Å². The van der Waals surface area contributed by atoms with E-state index < -0.39 is 0 Å². The van der Waals surface area contributed by atoms with E-state index in [-0.39, 0.29) is 0 Å². The second-order valence-electron chi connectivity index (χ2n) is 4.04. The third kappa shape index (κ3) is 2.92. The summed E-state index contributed by atoms with van der Waals surface area (Å²) >= 11 is 0. The summed E-state index contributed by atoms with van der Waals surface area (Å²) in [6.45, 7) is 0. The highest BCUT2D eigenvalue weighted by Crippen LogP contribution is 2.27. The first-order valence-corrected chi connectivity index (χ1v) is 6.16. The molecule has 0 saturated heterocycles. The summed E-state index contributed by atoms with van der Waals surface area (Å²) < 4.78 is 10.4. The molecule has 3 rings (SSSR count). The molecule has 3 aromatic rings. The predicted molar refractivity (Wildman–Crippen MR) is 78.4 cm³/mol. The third-order valence-electron chi connectivity index (χ3n) is 2.63. The Morgan fingerprint density at radius 2 is 1.15 bits per heavy atom. The maximum absolute atomic E-state index is 5.21. The molecule has 2 heterocycles. The Labute approximate surface area is 116 Å². The van der Waals surface area contributed by atoms with Crippen molar-refractivity contribution >= 4 is 23.8 Å². The van der Waals surface area contributed by atoms with Crippen LogP contribution in [-0.4, -0.2) is 12.4 Å². The van der Waals surface area contributed by atoms with Gasteiger partial charge >= 0.3 is 0 Å². The van der Waals surface area contributed by atoms with Crippen LogP contribution in [0.15, 0.2) is 79.9 Å². The maximum Gasteiger partial charge on any atom is 0.144 e. The summed E-state index contributed by atoms with van der Waals surface area (Å²) in [6.07, 6.45) is 6.56. The van der Waals surface area contributed by atoms with Crippen molar-refractivity contribution in [1.29, 1.82) is 0 Å². The van der Waals surface area contributed by atoms with Crippen LogP contribution in [0.4, 0.5) is 11.4 Å². The van der Waals surface area contributed by atoms with Crippen molar-refractivity contribution in [3.05, 3.63) is 72.6 Å². The number of hydrogen-bond acceptors (Lipinski definition) is 4. The molecule has 4 nitrogen and oxygen atoms in total. The van der Waals surface area contributed by atoms with Crippen LogP contribution in [0.2, 0.25) is 0 Å². The molecule has 0 radical (unpaired) electrons. The lowest BCUT2D eigenvalue weighted by Gasteiger charge is -1.98. The second-order valence-corrected chi connectivity index (χ2v) is 4.04. The highest BCUT2D eigenvalue weighted by Gasteiger charge is 1.98. The van der Waals surface area contributed by atoms with Gasteiger partial charge in [-0.15, -0.1) is 0 Å². The van der Waals surface area contributed by atoms with Crippen LogP contribution in [0.5, 0.6) is 0 Å². The van der Waals surface area contributed by atoms with Gasteiger partial charge in [-0.2, -0.15) is 0 Å². The van der Waals surface area contributed by atoms with Gasteiger partial charge in [0.05, 0.1) is 36.3 Å². The lowest BCUT2D eigenvalue weighted by molar-refractivity contribution is 0.560. The van der Waals surface area contributed by atoms with E-state index in [1.165, 1.54) is 0 Å². The van der Waals surface area contributed by atoms with Gasteiger partial charge in [-0.25, -0.2) is 0 Å². The minimum atomic E-state index is 0.704. The normalized spacial score (nSPS) is 11.6. The SMILES string of the molecule is C(=Nc1ccccc1N=Cc1ccco1)c1ccco1. The van der Waals surface area contributed by atoms with Gasteiger partial charge in [0.2, 0.25) is 0 Å². The average Bonchev–Trinajstić information content (AvgIpc) is 3.17. The molecular formula is C16H12N2O2. The summed E-state index contributed by atoms with van der Waals surface area (Å²) in [4.78, 5) is 8.77. The standard InChI is InChI=1S/C16H12N2O2/c1-2-8-16(18-12-14-6-4-10-20-14)15(7-1)17-11-13-5-3-9-19-13/h1-12H. The lowest BCUT2D eigenvalue weighted by Crippen LogP contribution is -1.77. The Hall–Kier alpha value is -2.88. The minimum absolute atomic E-state index is 0.704. The topological polar surface area (TPSA) is 51.0 Å². The van der Waals surface area contributed by atoms with Crippen LogP contribution < -0.4 is 0 Å². The van der Waals surface area contributed by atoms with E-state index in [2.05, 4.69) is 9.98 Å². The number of nitrogens with zero attached hydrogens (tertiary/aromatic N) is 2. The van der Waals surface area contributed by atoms with Gasteiger partial charge < -0.3 is 8.83 Å². The van der Waals surface area contributed by atoms with Crippen LogP contribution in [0, 0.1) is 0 Å². The first kappa shape index (κ1) is 12.2. The van der Waals surface area contributed by atoms with Crippen LogP contribution in [0.1, 0.15) is 11.5 Å². The molecule has 0 atom stereocenters. The van der Waals surface area contributed by atoms with E-state index in [1.807, 2.05) is 48.5 Å². The molecule has 98 valence electrons. The van der Waals surface area contributed by atoms with E-state index in [9.17, 15) is 0 Å². The second kappa shape index (κ2) is 5.84. The zero-order chi connectivity index (χ0) is 13.6. The number of rotatable bonds is 4. The number of hydrogen-bond donors (Lipinski definition) is 0. The highest BCUT2D eigenvalue weighted by atomic mass is 16.3. The minimum Gasteiger partial charge on any atom is -0.463 e. The summed E-state index contributed by atoms with van der Waals surface area (Å²) in [5.41, 5.74) is 1.54. The van der Waals surface area contributed by atoms with Crippen LogP contribution in [0.3, 0.4) is 0 Å². The molecule has 0 unspecified atom stereocenters. The smallest absolute Gasteiger partial charge is 0.144 e. The van der Waals surface area contributed by atoms with Gasteiger partial charge in [0, 0.05) is 0 Å².